The van der Waals surface area contributed by atoms with Gasteiger partial charge in [-0.05, 0) is 54.7 Å². The molecule has 0 saturated carbocycles. The second kappa shape index (κ2) is 8.70. The number of hydrogen-bond acceptors (Lipinski definition) is 3. The van der Waals surface area contributed by atoms with Crippen LogP contribution >= 0.6 is 34.7 Å². The second-order valence-electron chi connectivity index (χ2n) is 7.82. The van der Waals surface area contributed by atoms with Crippen molar-refractivity contribution in [1.29, 1.82) is 0 Å². The second-order valence-corrected chi connectivity index (χ2v) is 10.3. The summed E-state index contributed by atoms with van der Waals surface area (Å²) in [6.45, 7) is 0. The highest BCUT2D eigenvalue weighted by atomic mass is 35.5. The van der Waals surface area contributed by atoms with Crippen molar-refractivity contribution in [2.75, 3.05) is 11.9 Å². The molecule has 0 radical (unpaired) electrons. The van der Waals surface area contributed by atoms with Crippen molar-refractivity contribution in [1.82, 2.24) is 0 Å². The summed E-state index contributed by atoms with van der Waals surface area (Å²) in [5.74, 6) is 0. The molecule has 0 fully saturated rings. The van der Waals surface area contributed by atoms with Gasteiger partial charge in [-0.25, -0.2) is 0 Å². The summed E-state index contributed by atoms with van der Waals surface area (Å²) in [5.41, 5.74) is 4.99. The SMILES string of the molecule is CN1/C(=C/C=C2\CCCC(/C=C/c3sc4ccccc4[n+]3C)=C2Cl)Sc2ccccc21. The number of halogens is 1. The third kappa shape index (κ3) is 4.00. The Bertz CT molecular complexity index is 1280. The number of benzene rings is 2. The minimum atomic E-state index is 0.909. The summed E-state index contributed by atoms with van der Waals surface area (Å²) < 4.78 is 3.56. The predicted octanol–water partition coefficient (Wildman–Crippen LogP) is 7.43. The topological polar surface area (TPSA) is 7.12 Å². The number of aryl methyl sites for hydroxylation is 1. The molecule has 5 heteroatoms. The molecular formula is C26H24ClN2S2+. The quantitative estimate of drug-likeness (QED) is 0.373. The molecular weight excluding hydrogens is 440 g/mol. The maximum Gasteiger partial charge on any atom is 0.262 e. The Hall–Kier alpha value is -2.27. The van der Waals surface area contributed by atoms with Gasteiger partial charge in [-0.2, -0.15) is 4.57 Å². The molecule has 156 valence electrons. The van der Waals surface area contributed by atoms with E-state index >= 15 is 0 Å². The Morgan fingerprint density at radius 2 is 1.81 bits per heavy atom. The number of thiazole rings is 1. The van der Waals surface area contributed by atoms with E-state index in [0.29, 0.717) is 0 Å². The molecule has 3 aromatic rings. The monoisotopic (exact) mass is 463 g/mol. The van der Waals surface area contributed by atoms with Gasteiger partial charge in [0, 0.05) is 29.1 Å². The van der Waals surface area contributed by atoms with Crippen LogP contribution in [0, 0.1) is 0 Å². The highest BCUT2D eigenvalue weighted by Crippen LogP contribution is 2.45. The van der Waals surface area contributed by atoms with Crippen LogP contribution in [0.3, 0.4) is 0 Å². The Morgan fingerprint density at radius 1 is 1.00 bits per heavy atom. The molecule has 0 spiro atoms. The van der Waals surface area contributed by atoms with Crippen molar-refractivity contribution >= 4 is 56.7 Å². The van der Waals surface area contributed by atoms with E-state index < -0.39 is 0 Å². The van der Waals surface area contributed by atoms with Gasteiger partial charge in [0.05, 0.1) is 10.7 Å². The average Bonchev–Trinajstić information content (AvgIpc) is 3.29. The lowest BCUT2D eigenvalue weighted by Gasteiger charge is -2.17. The third-order valence-electron chi connectivity index (χ3n) is 5.85. The predicted molar refractivity (Wildman–Crippen MR) is 136 cm³/mol. The van der Waals surface area contributed by atoms with Crippen LogP contribution in [0.5, 0.6) is 0 Å². The first kappa shape index (κ1) is 20.6. The van der Waals surface area contributed by atoms with E-state index in [1.807, 2.05) is 23.1 Å². The van der Waals surface area contributed by atoms with E-state index in [1.54, 1.807) is 0 Å². The van der Waals surface area contributed by atoms with Crippen molar-refractivity contribution < 1.29 is 4.57 Å². The summed E-state index contributed by atoms with van der Waals surface area (Å²) in [6.07, 6.45) is 12.0. The van der Waals surface area contributed by atoms with Crippen LogP contribution in [0.1, 0.15) is 24.3 Å². The van der Waals surface area contributed by atoms with Gasteiger partial charge >= 0.3 is 0 Å². The molecule has 1 aliphatic heterocycles. The maximum atomic E-state index is 6.85. The van der Waals surface area contributed by atoms with Crippen LogP contribution in [-0.4, -0.2) is 7.05 Å². The van der Waals surface area contributed by atoms with Crippen molar-refractivity contribution in [3.8, 4) is 0 Å². The first-order valence-electron chi connectivity index (χ1n) is 10.5. The van der Waals surface area contributed by atoms with Crippen molar-refractivity contribution in [3.63, 3.8) is 0 Å². The van der Waals surface area contributed by atoms with E-state index in [4.69, 9.17) is 11.6 Å². The molecule has 0 bridgehead atoms. The third-order valence-corrected chi connectivity index (χ3v) is 8.71. The van der Waals surface area contributed by atoms with Crippen LogP contribution in [0.2, 0.25) is 0 Å². The molecule has 0 saturated heterocycles. The summed E-state index contributed by atoms with van der Waals surface area (Å²) in [4.78, 5) is 3.56. The van der Waals surface area contributed by atoms with Gasteiger partial charge in [0.2, 0.25) is 5.52 Å². The van der Waals surface area contributed by atoms with Crippen LogP contribution in [0.15, 0.2) is 92.9 Å². The molecule has 2 nitrogen and oxygen atoms in total. The summed E-state index contributed by atoms with van der Waals surface area (Å²) in [6, 6.07) is 17.1. The first-order chi connectivity index (χ1) is 15.1. The van der Waals surface area contributed by atoms with Gasteiger partial charge in [0.1, 0.15) is 11.7 Å². The van der Waals surface area contributed by atoms with Crippen molar-refractivity contribution in [2.45, 2.75) is 24.2 Å². The zero-order chi connectivity index (χ0) is 21.4. The summed E-state index contributed by atoms with van der Waals surface area (Å²) in [7, 11) is 4.25. The Balaban J connectivity index is 1.40. The van der Waals surface area contributed by atoms with E-state index in [0.717, 1.165) is 24.3 Å². The number of anilines is 1. The fourth-order valence-electron chi connectivity index (χ4n) is 4.08. The minimum Gasteiger partial charge on any atom is -0.338 e. The van der Waals surface area contributed by atoms with Crippen LogP contribution in [-0.2, 0) is 7.05 Å². The number of aromatic nitrogens is 1. The lowest BCUT2D eigenvalue weighted by Crippen LogP contribution is -2.28. The number of thioether (sulfide) groups is 1. The van der Waals surface area contributed by atoms with Crippen LogP contribution in [0.25, 0.3) is 16.3 Å². The first-order valence-corrected chi connectivity index (χ1v) is 12.5. The molecule has 2 aromatic carbocycles. The number of hydrogen-bond donors (Lipinski definition) is 0. The summed E-state index contributed by atoms with van der Waals surface area (Å²) in [5, 5.41) is 3.38. The fourth-order valence-corrected chi connectivity index (χ4v) is 6.50. The van der Waals surface area contributed by atoms with E-state index in [2.05, 4.69) is 96.4 Å². The van der Waals surface area contributed by atoms with Gasteiger partial charge in [-0.15, -0.1) is 0 Å². The molecule has 2 heterocycles. The Morgan fingerprint density at radius 3 is 2.65 bits per heavy atom. The molecule has 0 atom stereocenters. The molecule has 5 rings (SSSR count). The van der Waals surface area contributed by atoms with Crippen LogP contribution in [0.4, 0.5) is 5.69 Å². The smallest absolute Gasteiger partial charge is 0.262 e. The van der Waals surface area contributed by atoms with Gasteiger partial charge in [0.15, 0.2) is 0 Å². The van der Waals surface area contributed by atoms with E-state index in [9.17, 15) is 0 Å². The van der Waals surface area contributed by atoms with E-state index in [-0.39, 0.29) is 0 Å². The highest BCUT2D eigenvalue weighted by molar-refractivity contribution is 8.03. The lowest BCUT2D eigenvalue weighted by molar-refractivity contribution is -0.642. The average molecular weight is 464 g/mol. The molecule has 0 N–H and O–H groups in total. The zero-order valence-electron chi connectivity index (χ0n) is 17.6. The van der Waals surface area contributed by atoms with Crippen LogP contribution < -0.4 is 9.47 Å². The molecule has 0 unspecified atom stereocenters. The lowest BCUT2D eigenvalue weighted by atomic mass is 9.94. The minimum absolute atomic E-state index is 0.909. The van der Waals surface area contributed by atoms with Gasteiger partial charge < -0.3 is 4.90 Å². The standard InChI is InChI=1S/C26H24ClN2S2/c1-28-20-10-3-5-12-22(20)30-24(28)16-14-18-8-7-9-19(26(18)27)15-17-25-29(2)21-11-4-6-13-23(21)31-25/h3-6,10-17H,7-9H2,1-2H3/q+1. The fraction of sp³-hybridized carbons (Fsp3) is 0.192. The molecule has 2 aliphatic rings. The largest absolute Gasteiger partial charge is 0.338 e. The molecule has 31 heavy (non-hydrogen) atoms. The molecule has 1 aromatic heterocycles. The van der Waals surface area contributed by atoms with Crippen molar-refractivity contribution in [3.05, 3.63) is 93.0 Å². The van der Waals surface area contributed by atoms with Gasteiger partial charge in [-0.3, -0.25) is 0 Å². The number of nitrogens with zero attached hydrogens (tertiary/aromatic N) is 2. The Kier molecular flexibility index (Phi) is 5.79. The van der Waals surface area contributed by atoms with Crippen molar-refractivity contribution in [2.24, 2.45) is 7.05 Å². The normalized spacial score (nSPS) is 19.4. The number of allylic oxidation sites excluding steroid dienone is 6. The Labute approximate surface area is 196 Å². The maximum absolute atomic E-state index is 6.85. The number of fused-ring (bicyclic) bond motifs is 2. The molecule has 1 aliphatic carbocycles. The summed E-state index contributed by atoms with van der Waals surface area (Å²) >= 11 is 10.5. The zero-order valence-corrected chi connectivity index (χ0v) is 20.0. The van der Waals surface area contributed by atoms with Gasteiger partial charge in [0.25, 0.3) is 5.01 Å². The number of rotatable bonds is 3. The van der Waals surface area contributed by atoms with Gasteiger partial charge in [-0.1, -0.05) is 71.1 Å². The number of para-hydroxylation sites is 2. The highest BCUT2D eigenvalue weighted by Gasteiger charge is 2.21. The van der Waals surface area contributed by atoms with E-state index in [1.165, 1.54) is 42.0 Å². The molecule has 0 amide bonds.